The molecule has 53 heavy (non-hydrogen) atoms. The molecule has 0 heterocycles. The van der Waals surface area contributed by atoms with Crippen LogP contribution in [0, 0.1) is 29.3 Å². The first kappa shape index (κ1) is 45.6. The van der Waals surface area contributed by atoms with E-state index < -0.39 is 23.6 Å². The highest BCUT2D eigenvalue weighted by Gasteiger charge is 2.25. The van der Waals surface area contributed by atoms with Gasteiger partial charge in [-0.2, -0.15) is 0 Å². The highest BCUT2D eigenvalue weighted by atomic mass is 19.2. The molecule has 5 rings (SSSR count). The molecule has 296 valence electrons. The van der Waals surface area contributed by atoms with Gasteiger partial charge >= 0.3 is 5.97 Å². The van der Waals surface area contributed by atoms with Gasteiger partial charge in [-0.25, -0.2) is 18.0 Å². The van der Waals surface area contributed by atoms with Crippen LogP contribution in [0.1, 0.15) is 110 Å². The Morgan fingerprint density at radius 3 is 1.96 bits per heavy atom. The molecule has 2 saturated carbocycles. The molecule has 0 aliphatic heterocycles. The van der Waals surface area contributed by atoms with Crippen molar-refractivity contribution in [2.75, 3.05) is 33.4 Å². The zero-order valence-electron chi connectivity index (χ0n) is 33.5. The summed E-state index contributed by atoms with van der Waals surface area (Å²) in [5, 5.41) is 0. The lowest BCUT2D eigenvalue weighted by Crippen LogP contribution is -2.32. The number of ether oxygens (including phenoxy) is 3. The van der Waals surface area contributed by atoms with Gasteiger partial charge in [-0.15, -0.1) is 0 Å². The van der Waals surface area contributed by atoms with Gasteiger partial charge in [0.25, 0.3) is 0 Å². The van der Waals surface area contributed by atoms with Gasteiger partial charge in [0.2, 0.25) is 0 Å². The Morgan fingerprint density at radius 1 is 0.811 bits per heavy atom. The molecule has 2 aliphatic rings. The third-order valence-electron chi connectivity index (χ3n) is 9.03. The Kier molecular flexibility index (Phi) is 20.6. The van der Waals surface area contributed by atoms with Gasteiger partial charge < -0.3 is 24.8 Å². The zero-order valence-corrected chi connectivity index (χ0v) is 33.5. The molecule has 1 atom stereocenters. The van der Waals surface area contributed by atoms with Crippen molar-refractivity contribution in [3.63, 3.8) is 0 Å². The Hall–Kier alpha value is -3.56. The van der Waals surface area contributed by atoms with Gasteiger partial charge in [0.15, 0.2) is 17.7 Å². The number of nitrogens with two attached hydrogens (primary N) is 1. The van der Waals surface area contributed by atoms with Crippen LogP contribution in [0.2, 0.25) is 0 Å². The summed E-state index contributed by atoms with van der Waals surface area (Å²) >= 11 is 0. The van der Waals surface area contributed by atoms with Gasteiger partial charge in [-0.1, -0.05) is 98.4 Å². The van der Waals surface area contributed by atoms with Crippen molar-refractivity contribution in [2.24, 2.45) is 17.6 Å². The molecule has 0 spiro atoms. The van der Waals surface area contributed by atoms with E-state index in [-0.39, 0.29) is 16.9 Å². The minimum absolute atomic E-state index is 0.0603. The van der Waals surface area contributed by atoms with E-state index in [4.69, 9.17) is 19.9 Å². The molecular formula is C44H65F3N2O4. The van der Waals surface area contributed by atoms with Gasteiger partial charge in [-0.05, 0) is 85.0 Å². The van der Waals surface area contributed by atoms with Crippen LogP contribution < -0.4 is 15.2 Å². The smallest absolute Gasteiger partial charge is 0.347 e. The third-order valence-corrected chi connectivity index (χ3v) is 9.03. The summed E-state index contributed by atoms with van der Waals surface area (Å²) in [7, 11) is 1.86. The Balaban J connectivity index is 0.000000405. The van der Waals surface area contributed by atoms with E-state index in [1.165, 1.54) is 44.1 Å². The lowest BCUT2D eigenvalue weighted by Gasteiger charge is -2.21. The first-order valence-electron chi connectivity index (χ1n) is 19.6. The van der Waals surface area contributed by atoms with E-state index in [9.17, 15) is 18.0 Å². The summed E-state index contributed by atoms with van der Waals surface area (Å²) in [6.45, 7) is 17.1. The van der Waals surface area contributed by atoms with E-state index in [0.29, 0.717) is 56.4 Å². The van der Waals surface area contributed by atoms with Crippen molar-refractivity contribution in [1.29, 1.82) is 0 Å². The van der Waals surface area contributed by atoms with E-state index in [1.807, 2.05) is 76.0 Å². The Bertz CT molecular complexity index is 1450. The summed E-state index contributed by atoms with van der Waals surface area (Å²) < 4.78 is 56.3. The third kappa shape index (κ3) is 17.0. The van der Waals surface area contributed by atoms with Crippen molar-refractivity contribution in [3.05, 3.63) is 94.8 Å². The minimum atomic E-state index is -1.13. The van der Waals surface area contributed by atoms with Crippen LogP contribution in [0.5, 0.6) is 11.5 Å². The lowest BCUT2D eigenvalue weighted by atomic mass is 9.87. The molecule has 2 fully saturated rings. The summed E-state index contributed by atoms with van der Waals surface area (Å²) in [6, 6.07) is 17.2. The molecule has 0 radical (unpaired) electrons. The number of halogens is 3. The highest BCUT2D eigenvalue weighted by Crippen LogP contribution is 2.30. The Morgan fingerprint density at radius 2 is 1.40 bits per heavy atom. The fourth-order valence-electron chi connectivity index (χ4n) is 5.98. The van der Waals surface area contributed by atoms with Gasteiger partial charge in [-0.3, -0.25) is 0 Å². The fourth-order valence-corrected chi connectivity index (χ4v) is 5.98. The average molecular weight is 743 g/mol. The number of carbonyl (C=O) groups excluding carboxylic acids is 1. The second-order valence-corrected chi connectivity index (χ2v) is 14.5. The van der Waals surface area contributed by atoms with Crippen molar-refractivity contribution >= 4 is 5.97 Å². The molecule has 2 N–H and O–H groups in total. The van der Waals surface area contributed by atoms with Crippen LogP contribution >= 0.6 is 0 Å². The van der Waals surface area contributed by atoms with Gasteiger partial charge in [0.1, 0.15) is 23.9 Å². The number of nitrogens with zero attached hydrogens (tertiary/aromatic N) is 1. The summed E-state index contributed by atoms with van der Waals surface area (Å²) in [4.78, 5) is 14.9. The van der Waals surface area contributed by atoms with E-state index in [0.717, 1.165) is 30.3 Å². The molecule has 3 aromatic carbocycles. The maximum absolute atomic E-state index is 13.3. The SMILES string of the molecule is CC.CC.CC(C)(C)c1ccc(O[C@@H](Cc2ccc(OCCN)cc2)C(=O)OCCC2CCCC2)cc1.CN(Cc1cc(F)c(F)cc1F)CC1CC1. The van der Waals surface area contributed by atoms with Crippen molar-refractivity contribution in [1.82, 2.24) is 4.90 Å². The van der Waals surface area contributed by atoms with Crippen LogP contribution in [-0.2, 0) is 27.9 Å². The van der Waals surface area contributed by atoms with Crippen LogP contribution in [0.3, 0.4) is 0 Å². The van der Waals surface area contributed by atoms with Crippen LogP contribution in [0.15, 0.2) is 60.7 Å². The molecule has 0 aromatic heterocycles. The first-order valence-corrected chi connectivity index (χ1v) is 19.6. The molecule has 0 saturated heterocycles. The minimum Gasteiger partial charge on any atom is -0.492 e. The van der Waals surface area contributed by atoms with Crippen molar-refractivity contribution in [2.45, 2.75) is 118 Å². The van der Waals surface area contributed by atoms with Crippen LogP contribution in [0.4, 0.5) is 13.2 Å². The lowest BCUT2D eigenvalue weighted by molar-refractivity contribution is -0.152. The number of rotatable bonds is 15. The predicted octanol–water partition coefficient (Wildman–Crippen LogP) is 10.4. The number of benzene rings is 3. The second kappa shape index (κ2) is 24.0. The van der Waals surface area contributed by atoms with Crippen LogP contribution in [-0.4, -0.2) is 50.3 Å². The normalized spacial score (nSPS) is 14.5. The number of esters is 1. The number of hydrogen-bond acceptors (Lipinski definition) is 6. The monoisotopic (exact) mass is 742 g/mol. The predicted molar refractivity (Wildman–Crippen MR) is 210 cm³/mol. The second-order valence-electron chi connectivity index (χ2n) is 14.5. The largest absolute Gasteiger partial charge is 0.492 e. The summed E-state index contributed by atoms with van der Waals surface area (Å²) in [5.74, 6) is -0.302. The maximum atomic E-state index is 13.3. The van der Waals surface area contributed by atoms with Crippen LogP contribution in [0.25, 0.3) is 0 Å². The summed E-state index contributed by atoms with van der Waals surface area (Å²) in [6.07, 6.45) is 8.16. The fraction of sp³-hybridized carbons (Fsp3) is 0.568. The molecule has 6 nitrogen and oxygen atoms in total. The van der Waals surface area contributed by atoms with Crippen molar-refractivity contribution < 1.29 is 32.2 Å². The highest BCUT2D eigenvalue weighted by molar-refractivity contribution is 5.75. The molecule has 9 heteroatoms. The molecular weight excluding hydrogens is 677 g/mol. The average Bonchev–Trinajstić information content (AvgIpc) is 3.81. The van der Waals surface area contributed by atoms with E-state index >= 15 is 0 Å². The molecule has 0 bridgehead atoms. The van der Waals surface area contributed by atoms with Gasteiger partial charge in [0, 0.05) is 37.7 Å². The standard InChI is InChI=1S/C28H39NO4.C12H14F3N.2C2H6/c1-28(2,3)23-10-14-25(15-11-23)33-26(27(30)32-18-16-21-6-4-5-7-21)20-22-8-12-24(13-9-22)31-19-17-29;1-16(6-8-2-3-8)7-9-4-11(14)12(15)5-10(9)13;2*1-2/h8-15,21,26H,4-7,16-20,29H2,1-3H3;4-5,8H,2-3,6-7H2,1H3;2*1-2H3/t26-;;;/m0.../s1. The Labute approximate surface area is 317 Å². The number of hydrogen-bond donors (Lipinski definition) is 1. The molecule has 0 unspecified atom stereocenters. The molecule has 2 aliphatic carbocycles. The van der Waals surface area contributed by atoms with E-state index in [1.54, 1.807) is 0 Å². The number of carbonyl (C=O) groups is 1. The van der Waals surface area contributed by atoms with Crippen molar-refractivity contribution in [3.8, 4) is 11.5 Å². The quantitative estimate of drug-likeness (QED) is 0.123. The zero-order chi connectivity index (χ0) is 39.4. The van der Waals surface area contributed by atoms with E-state index in [2.05, 4.69) is 32.9 Å². The summed E-state index contributed by atoms with van der Waals surface area (Å²) in [5.41, 5.74) is 7.98. The molecule has 0 amide bonds. The first-order chi connectivity index (χ1) is 25.4. The maximum Gasteiger partial charge on any atom is 0.347 e. The molecule has 3 aromatic rings. The van der Waals surface area contributed by atoms with Gasteiger partial charge in [0.05, 0.1) is 6.61 Å². The topological polar surface area (TPSA) is 74.0 Å².